The van der Waals surface area contributed by atoms with Crippen LogP contribution in [0.5, 0.6) is 0 Å². The molecule has 0 aliphatic carbocycles. The first-order chi connectivity index (χ1) is 6.24. The summed E-state index contributed by atoms with van der Waals surface area (Å²) in [5.41, 5.74) is 0. The molecule has 0 spiro atoms. The van der Waals surface area contributed by atoms with Crippen LogP contribution in [0.15, 0.2) is 6.20 Å². The van der Waals surface area contributed by atoms with Crippen molar-refractivity contribution in [1.29, 1.82) is 0 Å². The first-order valence-corrected chi connectivity index (χ1v) is 5.66. The summed E-state index contributed by atoms with van der Waals surface area (Å²) in [4.78, 5) is 0. The minimum atomic E-state index is 0.719. The molecule has 0 amide bonds. The Kier molecular flexibility index (Phi) is 5.05. The van der Waals surface area contributed by atoms with Crippen molar-refractivity contribution in [2.24, 2.45) is 0 Å². The van der Waals surface area contributed by atoms with E-state index < -0.39 is 0 Å². The Hall–Kier alpha value is 0.190. The fourth-order valence-corrected chi connectivity index (χ4v) is 1.53. The molecule has 0 atom stereocenters. The second-order valence-corrected chi connectivity index (χ2v) is 4.01. The third kappa shape index (κ3) is 3.83. The molecule has 74 valence electrons. The molecular weight excluding hydrogens is 302 g/mol. The van der Waals surface area contributed by atoms with E-state index >= 15 is 0 Å². The van der Waals surface area contributed by atoms with E-state index in [0.717, 1.165) is 34.9 Å². The maximum Gasteiger partial charge on any atom is 0.141 e. The number of aromatic nitrogens is 2. The first-order valence-electron chi connectivity index (χ1n) is 4.20. The van der Waals surface area contributed by atoms with Gasteiger partial charge in [0.15, 0.2) is 0 Å². The quantitative estimate of drug-likeness (QED) is 0.617. The molecule has 1 aromatic heterocycles. The van der Waals surface area contributed by atoms with Crippen molar-refractivity contribution in [2.45, 2.75) is 19.9 Å². The van der Waals surface area contributed by atoms with Gasteiger partial charge < -0.3 is 4.74 Å². The summed E-state index contributed by atoms with van der Waals surface area (Å²) >= 11 is 7.97. The van der Waals surface area contributed by atoms with Gasteiger partial charge >= 0.3 is 0 Å². The highest BCUT2D eigenvalue weighted by molar-refractivity contribution is 14.1. The standard InChI is InChI=1S/C8H12ClIN2O/c1-2-13-5-3-4-12-6-7(9)8(10)11-12/h6H,2-5H2,1H3. The Morgan fingerprint density at radius 1 is 1.69 bits per heavy atom. The highest BCUT2D eigenvalue weighted by atomic mass is 127. The molecule has 0 unspecified atom stereocenters. The molecule has 0 fully saturated rings. The van der Waals surface area contributed by atoms with E-state index in [9.17, 15) is 0 Å². The summed E-state index contributed by atoms with van der Waals surface area (Å²) in [5.74, 6) is 0. The van der Waals surface area contributed by atoms with Crippen molar-refractivity contribution in [3.63, 3.8) is 0 Å². The lowest BCUT2D eigenvalue weighted by atomic mass is 10.4. The fraction of sp³-hybridized carbons (Fsp3) is 0.625. The molecule has 5 heteroatoms. The highest BCUT2D eigenvalue weighted by Gasteiger charge is 2.01. The van der Waals surface area contributed by atoms with Crippen LogP contribution >= 0.6 is 34.2 Å². The van der Waals surface area contributed by atoms with Crippen molar-refractivity contribution in [1.82, 2.24) is 9.78 Å². The predicted octanol–water partition coefficient (Wildman–Crippen LogP) is 2.57. The van der Waals surface area contributed by atoms with Gasteiger partial charge in [-0.15, -0.1) is 0 Å². The zero-order valence-electron chi connectivity index (χ0n) is 7.46. The molecule has 0 aliphatic heterocycles. The molecule has 3 nitrogen and oxygen atoms in total. The third-order valence-electron chi connectivity index (χ3n) is 1.56. The van der Waals surface area contributed by atoms with Crippen molar-refractivity contribution in [2.75, 3.05) is 13.2 Å². The molecule has 1 heterocycles. The van der Waals surface area contributed by atoms with E-state index in [-0.39, 0.29) is 0 Å². The number of hydrogen-bond acceptors (Lipinski definition) is 2. The van der Waals surface area contributed by atoms with Crippen LogP contribution in [0.3, 0.4) is 0 Å². The largest absolute Gasteiger partial charge is 0.382 e. The van der Waals surface area contributed by atoms with Crippen LogP contribution < -0.4 is 0 Å². The van der Waals surface area contributed by atoms with Crippen molar-refractivity contribution >= 4 is 34.2 Å². The van der Waals surface area contributed by atoms with Crippen LogP contribution in [0.2, 0.25) is 5.02 Å². The Bertz CT molecular complexity index is 245. The predicted molar refractivity (Wildman–Crippen MR) is 61.1 cm³/mol. The summed E-state index contributed by atoms with van der Waals surface area (Å²) in [6, 6.07) is 0. The first kappa shape index (κ1) is 11.3. The maximum absolute atomic E-state index is 5.85. The molecule has 0 saturated heterocycles. The SMILES string of the molecule is CCOCCCn1cc(Cl)c(I)n1. The number of nitrogens with zero attached hydrogens (tertiary/aromatic N) is 2. The average Bonchev–Trinajstić information content (AvgIpc) is 2.41. The summed E-state index contributed by atoms with van der Waals surface area (Å²) in [7, 11) is 0. The van der Waals surface area contributed by atoms with Crippen molar-refractivity contribution < 1.29 is 4.74 Å². The summed E-state index contributed by atoms with van der Waals surface area (Å²) in [6.07, 6.45) is 2.82. The fourth-order valence-electron chi connectivity index (χ4n) is 0.961. The summed E-state index contributed by atoms with van der Waals surface area (Å²) in [6.45, 7) is 4.42. The van der Waals surface area contributed by atoms with Gasteiger partial charge in [-0.3, -0.25) is 4.68 Å². The van der Waals surface area contributed by atoms with E-state index in [0.29, 0.717) is 0 Å². The van der Waals surface area contributed by atoms with Crippen LogP contribution in [0, 0.1) is 3.70 Å². The van der Waals surface area contributed by atoms with Gasteiger partial charge in [0, 0.05) is 26.0 Å². The van der Waals surface area contributed by atoms with Gasteiger partial charge in [-0.05, 0) is 35.9 Å². The maximum atomic E-state index is 5.85. The molecule has 1 aromatic rings. The van der Waals surface area contributed by atoms with Crippen LogP contribution in [0.25, 0.3) is 0 Å². The molecule has 0 saturated carbocycles. The van der Waals surface area contributed by atoms with Gasteiger partial charge in [0.1, 0.15) is 3.70 Å². The van der Waals surface area contributed by atoms with E-state index in [1.807, 2.05) is 17.8 Å². The van der Waals surface area contributed by atoms with E-state index in [2.05, 4.69) is 27.7 Å². The smallest absolute Gasteiger partial charge is 0.141 e. The van der Waals surface area contributed by atoms with E-state index in [1.54, 1.807) is 0 Å². The summed E-state index contributed by atoms with van der Waals surface area (Å²) in [5, 5.41) is 4.94. The van der Waals surface area contributed by atoms with Crippen LogP contribution in [0.1, 0.15) is 13.3 Å². The second-order valence-electron chi connectivity index (χ2n) is 2.58. The minimum absolute atomic E-state index is 0.719. The number of hydrogen-bond donors (Lipinski definition) is 0. The van der Waals surface area contributed by atoms with E-state index in [4.69, 9.17) is 16.3 Å². The Labute approximate surface area is 96.5 Å². The molecule has 0 aromatic carbocycles. The van der Waals surface area contributed by atoms with Crippen molar-refractivity contribution in [3.8, 4) is 0 Å². The van der Waals surface area contributed by atoms with Crippen LogP contribution in [0.4, 0.5) is 0 Å². The normalized spacial score (nSPS) is 10.7. The topological polar surface area (TPSA) is 27.1 Å². The van der Waals surface area contributed by atoms with Gasteiger partial charge in [0.05, 0.1) is 5.02 Å². The van der Waals surface area contributed by atoms with E-state index in [1.165, 1.54) is 0 Å². The highest BCUT2D eigenvalue weighted by Crippen LogP contribution is 2.15. The molecule has 1 rings (SSSR count). The second kappa shape index (κ2) is 5.82. The average molecular weight is 315 g/mol. The lowest BCUT2D eigenvalue weighted by molar-refractivity contribution is 0.141. The van der Waals surface area contributed by atoms with Gasteiger partial charge in [0.2, 0.25) is 0 Å². The van der Waals surface area contributed by atoms with Gasteiger partial charge in [0.25, 0.3) is 0 Å². The molecule has 0 radical (unpaired) electrons. The lowest BCUT2D eigenvalue weighted by Gasteiger charge is -2.00. The number of halogens is 2. The minimum Gasteiger partial charge on any atom is -0.382 e. The van der Waals surface area contributed by atoms with Crippen LogP contribution in [-0.2, 0) is 11.3 Å². The molecule has 13 heavy (non-hydrogen) atoms. The Balaban J connectivity index is 2.29. The molecule has 0 bridgehead atoms. The van der Waals surface area contributed by atoms with Crippen LogP contribution in [-0.4, -0.2) is 23.0 Å². The third-order valence-corrected chi connectivity index (χ3v) is 2.95. The number of aryl methyl sites for hydroxylation is 1. The van der Waals surface area contributed by atoms with Gasteiger partial charge in [-0.1, -0.05) is 11.6 Å². The Morgan fingerprint density at radius 2 is 2.46 bits per heavy atom. The number of ether oxygens (including phenoxy) is 1. The molecular formula is C8H12ClIN2O. The zero-order valence-corrected chi connectivity index (χ0v) is 10.4. The monoisotopic (exact) mass is 314 g/mol. The summed E-state index contributed by atoms with van der Waals surface area (Å²) < 4.78 is 7.92. The zero-order chi connectivity index (χ0) is 9.68. The molecule has 0 aliphatic rings. The van der Waals surface area contributed by atoms with Gasteiger partial charge in [-0.2, -0.15) is 5.10 Å². The lowest BCUT2D eigenvalue weighted by Crippen LogP contribution is -2.03. The Morgan fingerprint density at radius 3 is 3.00 bits per heavy atom. The number of rotatable bonds is 5. The van der Waals surface area contributed by atoms with Crippen molar-refractivity contribution in [3.05, 3.63) is 14.9 Å². The van der Waals surface area contributed by atoms with Gasteiger partial charge in [-0.25, -0.2) is 0 Å². The molecule has 0 N–H and O–H groups in total.